The lowest BCUT2D eigenvalue weighted by molar-refractivity contribution is 0.0675. The van der Waals surface area contributed by atoms with Crippen LogP contribution in [0.25, 0.3) is 0 Å². The summed E-state index contributed by atoms with van der Waals surface area (Å²) in [6, 6.07) is 0.0285. The molecular weight excluding hydrogens is 244 g/mol. The first-order valence-electron chi connectivity index (χ1n) is 5.91. The molecule has 0 bridgehead atoms. The molecular formula is C10H22N2O4S. The van der Waals surface area contributed by atoms with Crippen molar-refractivity contribution in [3.05, 3.63) is 0 Å². The fourth-order valence-electron chi connectivity index (χ4n) is 1.96. The second kappa shape index (κ2) is 6.65. The van der Waals surface area contributed by atoms with Crippen LogP contribution in [0.2, 0.25) is 0 Å². The Hall–Kier alpha value is -0.210. The number of hydrogen-bond acceptors (Lipinski definition) is 4. The molecule has 1 aliphatic heterocycles. The maximum absolute atomic E-state index is 12.0. The van der Waals surface area contributed by atoms with E-state index in [0.717, 1.165) is 19.3 Å². The lowest BCUT2D eigenvalue weighted by atomic mass is 10.1. The molecule has 0 saturated carbocycles. The van der Waals surface area contributed by atoms with Crippen molar-refractivity contribution < 1.29 is 18.3 Å². The van der Waals surface area contributed by atoms with Gasteiger partial charge in [-0.25, -0.2) is 0 Å². The van der Waals surface area contributed by atoms with Gasteiger partial charge in [-0.3, -0.25) is 0 Å². The number of aliphatic hydroxyl groups excluding tert-OH is 1. The number of piperidine rings is 1. The van der Waals surface area contributed by atoms with E-state index in [1.54, 1.807) is 0 Å². The highest BCUT2D eigenvalue weighted by molar-refractivity contribution is 7.87. The molecule has 0 aliphatic carbocycles. The molecule has 2 atom stereocenters. The van der Waals surface area contributed by atoms with Gasteiger partial charge in [0.2, 0.25) is 0 Å². The van der Waals surface area contributed by atoms with Gasteiger partial charge in [-0.05, 0) is 19.8 Å². The molecule has 1 fully saturated rings. The summed E-state index contributed by atoms with van der Waals surface area (Å²) in [6.07, 6.45) is 2.04. The lowest BCUT2D eigenvalue weighted by Crippen LogP contribution is -2.49. The molecule has 17 heavy (non-hydrogen) atoms. The van der Waals surface area contributed by atoms with Crippen LogP contribution in [0.3, 0.4) is 0 Å². The Kier molecular flexibility index (Phi) is 5.81. The van der Waals surface area contributed by atoms with E-state index in [4.69, 9.17) is 4.74 Å². The molecule has 1 saturated heterocycles. The SMILES string of the molecule is COCC(O)CNS(=O)(=O)N1CCCCC1C. The van der Waals surface area contributed by atoms with Gasteiger partial charge in [0.1, 0.15) is 0 Å². The third-order valence-electron chi connectivity index (χ3n) is 2.91. The average molecular weight is 266 g/mol. The van der Waals surface area contributed by atoms with E-state index in [1.807, 2.05) is 6.92 Å². The van der Waals surface area contributed by atoms with E-state index in [1.165, 1.54) is 11.4 Å². The Labute approximate surface area is 103 Å². The van der Waals surface area contributed by atoms with Crippen LogP contribution in [0.15, 0.2) is 0 Å². The Bertz CT molecular complexity index is 320. The molecule has 7 heteroatoms. The number of hydrogen-bond donors (Lipinski definition) is 2. The van der Waals surface area contributed by atoms with Gasteiger partial charge in [0.05, 0.1) is 12.7 Å². The monoisotopic (exact) mass is 266 g/mol. The van der Waals surface area contributed by atoms with Crippen molar-refractivity contribution >= 4 is 10.2 Å². The summed E-state index contributed by atoms with van der Waals surface area (Å²) in [5.74, 6) is 0. The Morgan fingerprint density at radius 2 is 2.24 bits per heavy atom. The highest BCUT2D eigenvalue weighted by Crippen LogP contribution is 2.18. The summed E-state index contributed by atoms with van der Waals surface area (Å²) in [5, 5.41) is 9.41. The number of nitrogens with zero attached hydrogens (tertiary/aromatic N) is 1. The van der Waals surface area contributed by atoms with Crippen molar-refractivity contribution in [2.45, 2.75) is 38.3 Å². The molecule has 0 aromatic rings. The smallest absolute Gasteiger partial charge is 0.279 e. The number of aliphatic hydroxyl groups is 1. The van der Waals surface area contributed by atoms with Crippen LogP contribution in [0.4, 0.5) is 0 Å². The molecule has 1 aliphatic rings. The molecule has 1 rings (SSSR count). The van der Waals surface area contributed by atoms with Crippen LogP contribution < -0.4 is 4.72 Å². The Balaban J connectivity index is 2.49. The first-order valence-corrected chi connectivity index (χ1v) is 7.35. The molecule has 0 radical (unpaired) electrons. The zero-order chi connectivity index (χ0) is 12.9. The number of rotatable bonds is 6. The van der Waals surface area contributed by atoms with Gasteiger partial charge in [-0.2, -0.15) is 17.4 Å². The topological polar surface area (TPSA) is 78.9 Å². The second-order valence-electron chi connectivity index (χ2n) is 4.42. The lowest BCUT2D eigenvalue weighted by Gasteiger charge is -2.32. The van der Waals surface area contributed by atoms with Crippen molar-refractivity contribution in [1.82, 2.24) is 9.03 Å². The van der Waals surface area contributed by atoms with Crippen molar-refractivity contribution in [2.24, 2.45) is 0 Å². The third kappa shape index (κ3) is 4.51. The van der Waals surface area contributed by atoms with E-state index >= 15 is 0 Å². The van der Waals surface area contributed by atoms with Gasteiger partial charge >= 0.3 is 0 Å². The van der Waals surface area contributed by atoms with Gasteiger partial charge in [0.15, 0.2) is 0 Å². The van der Waals surface area contributed by atoms with Crippen molar-refractivity contribution in [3.8, 4) is 0 Å². The van der Waals surface area contributed by atoms with Crippen LogP contribution >= 0.6 is 0 Å². The molecule has 0 aromatic heterocycles. The zero-order valence-corrected chi connectivity index (χ0v) is 11.2. The largest absolute Gasteiger partial charge is 0.389 e. The van der Waals surface area contributed by atoms with Crippen molar-refractivity contribution in [3.63, 3.8) is 0 Å². The Morgan fingerprint density at radius 1 is 1.53 bits per heavy atom. The van der Waals surface area contributed by atoms with E-state index in [-0.39, 0.29) is 19.2 Å². The summed E-state index contributed by atoms with van der Waals surface area (Å²) in [7, 11) is -2.02. The fourth-order valence-corrected chi connectivity index (χ4v) is 3.48. The molecule has 6 nitrogen and oxygen atoms in total. The standard InChI is InChI=1S/C10H22N2O4S/c1-9-5-3-4-6-12(9)17(14,15)11-7-10(13)8-16-2/h9-11,13H,3-8H2,1-2H3. The predicted octanol–water partition coefficient (Wildman–Crippen LogP) is -0.297. The average Bonchev–Trinajstić information content (AvgIpc) is 2.27. The first-order chi connectivity index (χ1) is 7.97. The van der Waals surface area contributed by atoms with Crippen molar-refractivity contribution in [1.29, 1.82) is 0 Å². The van der Waals surface area contributed by atoms with E-state index in [9.17, 15) is 13.5 Å². The summed E-state index contributed by atoms with van der Waals surface area (Å²) < 4.78 is 32.6. The Morgan fingerprint density at radius 3 is 2.82 bits per heavy atom. The van der Waals surface area contributed by atoms with Crippen LogP contribution in [0.5, 0.6) is 0 Å². The molecule has 1 heterocycles. The molecule has 0 amide bonds. The second-order valence-corrected chi connectivity index (χ2v) is 6.13. The number of ether oxygens (including phenoxy) is 1. The quantitative estimate of drug-likeness (QED) is 0.692. The van der Waals surface area contributed by atoms with Crippen LogP contribution in [0, 0.1) is 0 Å². The molecule has 0 aromatic carbocycles. The zero-order valence-electron chi connectivity index (χ0n) is 10.4. The van der Waals surface area contributed by atoms with Crippen LogP contribution in [-0.2, 0) is 14.9 Å². The normalized spacial score (nSPS) is 24.8. The molecule has 102 valence electrons. The summed E-state index contributed by atoms with van der Waals surface area (Å²) >= 11 is 0. The van der Waals surface area contributed by atoms with E-state index in [0.29, 0.717) is 6.54 Å². The van der Waals surface area contributed by atoms with Crippen LogP contribution in [0.1, 0.15) is 26.2 Å². The minimum Gasteiger partial charge on any atom is -0.389 e. The minimum absolute atomic E-state index is 0.0145. The van der Waals surface area contributed by atoms with Gasteiger partial charge in [-0.15, -0.1) is 0 Å². The van der Waals surface area contributed by atoms with Crippen molar-refractivity contribution in [2.75, 3.05) is 26.8 Å². The highest BCUT2D eigenvalue weighted by atomic mass is 32.2. The highest BCUT2D eigenvalue weighted by Gasteiger charge is 2.29. The first kappa shape index (κ1) is 14.8. The number of nitrogens with one attached hydrogen (secondary N) is 1. The maximum Gasteiger partial charge on any atom is 0.279 e. The van der Waals surface area contributed by atoms with Gasteiger partial charge in [-0.1, -0.05) is 6.42 Å². The third-order valence-corrected chi connectivity index (χ3v) is 4.60. The summed E-state index contributed by atoms with van der Waals surface area (Å²) in [6.45, 7) is 2.57. The van der Waals surface area contributed by atoms with Gasteiger partial charge in [0.25, 0.3) is 10.2 Å². The van der Waals surface area contributed by atoms with Gasteiger partial charge < -0.3 is 9.84 Å². The maximum atomic E-state index is 12.0. The van der Waals surface area contributed by atoms with E-state index in [2.05, 4.69) is 4.72 Å². The molecule has 0 spiro atoms. The minimum atomic E-state index is -3.48. The fraction of sp³-hybridized carbons (Fsp3) is 1.00. The van der Waals surface area contributed by atoms with Gasteiger partial charge in [0, 0.05) is 26.2 Å². The van der Waals surface area contributed by atoms with Crippen LogP contribution in [-0.4, -0.2) is 56.8 Å². The molecule has 2 unspecified atom stereocenters. The summed E-state index contributed by atoms with van der Waals surface area (Å²) in [4.78, 5) is 0. The predicted molar refractivity (Wildman–Crippen MR) is 64.8 cm³/mol. The summed E-state index contributed by atoms with van der Waals surface area (Å²) in [5.41, 5.74) is 0. The van der Waals surface area contributed by atoms with E-state index < -0.39 is 16.3 Å². The number of methoxy groups -OCH3 is 1. The molecule has 2 N–H and O–H groups in total.